The zero-order valence-corrected chi connectivity index (χ0v) is 20.2. The Kier molecular flexibility index (Phi) is 8.62. The molecule has 2 aliphatic heterocycles. The summed E-state index contributed by atoms with van der Waals surface area (Å²) in [6.45, 7) is 1.82. The van der Waals surface area contributed by atoms with Gasteiger partial charge in [0, 0.05) is 26.2 Å². The van der Waals surface area contributed by atoms with Crippen LogP contribution in [0.5, 0.6) is 0 Å². The Morgan fingerprint density at radius 1 is 1.10 bits per heavy atom. The zero-order valence-electron chi connectivity index (χ0n) is 17.9. The number of aliphatic imine (C=N–C) groups is 1. The summed E-state index contributed by atoms with van der Waals surface area (Å²) in [5, 5.41) is 7.11. The van der Waals surface area contributed by atoms with Crippen molar-refractivity contribution in [1.29, 1.82) is 0 Å². The molecule has 3 fully saturated rings. The highest BCUT2D eigenvalue weighted by Crippen LogP contribution is 2.34. The van der Waals surface area contributed by atoms with Gasteiger partial charge < -0.3 is 15.4 Å². The molecule has 3 unspecified atom stereocenters. The van der Waals surface area contributed by atoms with Gasteiger partial charge in [0.2, 0.25) is 0 Å². The second-order valence-corrected chi connectivity index (χ2v) is 8.76. The van der Waals surface area contributed by atoms with E-state index >= 15 is 0 Å². The average Bonchev–Trinajstić information content (AvgIpc) is 3.36. The predicted octanol–water partition coefficient (Wildman–Crippen LogP) is 4.05. The number of benzene rings is 1. The van der Waals surface area contributed by atoms with E-state index in [4.69, 9.17) is 4.74 Å². The summed E-state index contributed by atoms with van der Waals surface area (Å²) in [5.74, 6) is 0.886. The summed E-state index contributed by atoms with van der Waals surface area (Å²) in [6, 6.07) is 9.95. The molecule has 0 spiro atoms. The van der Waals surface area contributed by atoms with Gasteiger partial charge in [-0.1, -0.05) is 43.5 Å². The number of rotatable bonds is 6. The van der Waals surface area contributed by atoms with Crippen molar-refractivity contribution in [3.8, 4) is 0 Å². The van der Waals surface area contributed by atoms with E-state index in [1.807, 2.05) is 7.05 Å². The minimum Gasteiger partial charge on any atom is -0.373 e. The third-order valence-electron chi connectivity index (χ3n) is 6.83. The van der Waals surface area contributed by atoms with Gasteiger partial charge in [-0.05, 0) is 50.3 Å². The lowest BCUT2D eigenvalue weighted by molar-refractivity contribution is 0.0992. The van der Waals surface area contributed by atoms with Crippen LogP contribution in [0.15, 0.2) is 29.3 Å². The largest absolute Gasteiger partial charge is 0.373 e. The monoisotopic (exact) mass is 512 g/mol. The number of halogens is 1. The molecule has 0 amide bonds. The molecule has 2 N–H and O–H groups in total. The predicted molar refractivity (Wildman–Crippen MR) is 130 cm³/mol. The molecule has 1 aromatic rings. The Balaban J connectivity index is 0.00000240. The molecule has 5 nitrogen and oxygen atoms in total. The molecule has 6 heteroatoms. The third kappa shape index (κ3) is 5.85. The van der Waals surface area contributed by atoms with Gasteiger partial charge in [0.15, 0.2) is 5.96 Å². The Morgan fingerprint density at radius 2 is 1.86 bits per heavy atom. The first-order chi connectivity index (χ1) is 13.7. The number of ether oxygens (including phenoxy) is 1. The van der Waals surface area contributed by atoms with Crippen LogP contribution in [0.4, 0.5) is 0 Å². The molecule has 1 saturated carbocycles. The molecule has 29 heavy (non-hydrogen) atoms. The van der Waals surface area contributed by atoms with Gasteiger partial charge in [0.25, 0.3) is 0 Å². The molecular formula is C23H37IN4O. The standard InChI is InChI=1S/C23H36N4O.HI/c1-24-23(26-21-14-20-12-13-22(21)28-20)25-15-17-8-6-7-9-18(17)16-27(2)19-10-4-3-5-11-19;/h6-9,19-22H,3-5,10-16H2,1-2H3,(H2,24,25,26);1H. The highest BCUT2D eigenvalue weighted by Gasteiger charge is 2.41. The van der Waals surface area contributed by atoms with Crippen molar-refractivity contribution < 1.29 is 4.74 Å². The fourth-order valence-corrected chi connectivity index (χ4v) is 5.14. The molecule has 4 rings (SSSR count). The fourth-order valence-electron chi connectivity index (χ4n) is 5.14. The maximum atomic E-state index is 5.96. The molecule has 3 atom stereocenters. The molecule has 1 aromatic carbocycles. The lowest BCUT2D eigenvalue weighted by atomic mass is 9.94. The van der Waals surface area contributed by atoms with Crippen molar-refractivity contribution in [1.82, 2.24) is 15.5 Å². The van der Waals surface area contributed by atoms with Crippen LogP contribution >= 0.6 is 24.0 Å². The van der Waals surface area contributed by atoms with Crippen LogP contribution in [-0.4, -0.2) is 49.2 Å². The SMILES string of the molecule is CN=C(NCc1ccccc1CN(C)C1CCCCC1)NC1CC2CCC1O2.I. The Morgan fingerprint density at radius 3 is 2.52 bits per heavy atom. The number of nitrogens with one attached hydrogen (secondary N) is 2. The molecular weight excluding hydrogens is 475 g/mol. The molecule has 0 radical (unpaired) electrons. The normalized spacial score (nSPS) is 27.1. The molecule has 0 aromatic heterocycles. The molecule has 3 aliphatic rings. The molecule has 2 saturated heterocycles. The summed E-state index contributed by atoms with van der Waals surface area (Å²) in [6.07, 6.45) is 11.2. The van der Waals surface area contributed by atoms with Crippen LogP contribution in [-0.2, 0) is 17.8 Å². The van der Waals surface area contributed by atoms with Gasteiger partial charge in [0.1, 0.15) is 0 Å². The van der Waals surface area contributed by atoms with E-state index < -0.39 is 0 Å². The minimum atomic E-state index is 0. The van der Waals surface area contributed by atoms with E-state index in [0.717, 1.165) is 31.5 Å². The van der Waals surface area contributed by atoms with Crippen LogP contribution in [0.1, 0.15) is 62.5 Å². The van der Waals surface area contributed by atoms with Gasteiger partial charge in [-0.3, -0.25) is 9.89 Å². The van der Waals surface area contributed by atoms with Gasteiger partial charge >= 0.3 is 0 Å². The molecule has 2 heterocycles. The van der Waals surface area contributed by atoms with Crippen molar-refractivity contribution in [2.24, 2.45) is 4.99 Å². The van der Waals surface area contributed by atoms with E-state index in [9.17, 15) is 0 Å². The summed E-state index contributed by atoms with van der Waals surface area (Å²) >= 11 is 0. The highest BCUT2D eigenvalue weighted by molar-refractivity contribution is 14.0. The number of guanidine groups is 1. The molecule has 162 valence electrons. The second kappa shape index (κ2) is 11.0. The Hall–Kier alpha value is -0.860. The van der Waals surface area contributed by atoms with Gasteiger partial charge in [-0.2, -0.15) is 0 Å². The summed E-state index contributed by atoms with van der Waals surface area (Å²) in [7, 11) is 4.14. The van der Waals surface area contributed by atoms with Crippen LogP contribution in [0, 0.1) is 0 Å². The fraction of sp³-hybridized carbons (Fsp3) is 0.696. The second-order valence-electron chi connectivity index (χ2n) is 8.76. The van der Waals surface area contributed by atoms with E-state index in [0.29, 0.717) is 18.2 Å². The van der Waals surface area contributed by atoms with E-state index in [1.54, 1.807) is 0 Å². The third-order valence-corrected chi connectivity index (χ3v) is 6.83. The Labute approximate surface area is 193 Å². The number of hydrogen-bond donors (Lipinski definition) is 2. The summed E-state index contributed by atoms with van der Waals surface area (Å²) in [5.41, 5.74) is 2.78. The summed E-state index contributed by atoms with van der Waals surface area (Å²) in [4.78, 5) is 7.00. The first-order valence-corrected chi connectivity index (χ1v) is 11.1. The van der Waals surface area contributed by atoms with Crippen molar-refractivity contribution in [2.75, 3.05) is 14.1 Å². The van der Waals surface area contributed by atoms with Crippen molar-refractivity contribution in [2.45, 2.75) is 88.7 Å². The van der Waals surface area contributed by atoms with E-state index in [1.165, 1.54) is 56.1 Å². The average molecular weight is 512 g/mol. The maximum absolute atomic E-state index is 5.96. The molecule has 1 aliphatic carbocycles. The summed E-state index contributed by atoms with van der Waals surface area (Å²) < 4.78 is 5.96. The van der Waals surface area contributed by atoms with Crippen LogP contribution in [0.2, 0.25) is 0 Å². The van der Waals surface area contributed by atoms with Gasteiger partial charge in [0.05, 0.1) is 18.2 Å². The number of hydrogen-bond acceptors (Lipinski definition) is 3. The van der Waals surface area contributed by atoms with Crippen molar-refractivity contribution >= 4 is 29.9 Å². The molecule has 2 bridgehead atoms. The minimum absolute atomic E-state index is 0. The van der Waals surface area contributed by atoms with Crippen LogP contribution in [0.25, 0.3) is 0 Å². The smallest absolute Gasteiger partial charge is 0.191 e. The van der Waals surface area contributed by atoms with E-state index in [-0.39, 0.29) is 24.0 Å². The lowest BCUT2D eigenvalue weighted by Crippen LogP contribution is -2.47. The quantitative estimate of drug-likeness (QED) is 0.343. The zero-order chi connectivity index (χ0) is 19.3. The highest BCUT2D eigenvalue weighted by atomic mass is 127. The maximum Gasteiger partial charge on any atom is 0.191 e. The Bertz CT molecular complexity index is 677. The van der Waals surface area contributed by atoms with Crippen molar-refractivity contribution in [3.63, 3.8) is 0 Å². The van der Waals surface area contributed by atoms with Crippen LogP contribution < -0.4 is 10.6 Å². The van der Waals surface area contributed by atoms with Crippen molar-refractivity contribution in [3.05, 3.63) is 35.4 Å². The number of nitrogens with zero attached hydrogens (tertiary/aromatic N) is 2. The number of fused-ring (bicyclic) bond motifs is 2. The van der Waals surface area contributed by atoms with Crippen LogP contribution in [0.3, 0.4) is 0 Å². The first kappa shape index (κ1) is 22.8. The lowest BCUT2D eigenvalue weighted by Gasteiger charge is -2.31. The van der Waals surface area contributed by atoms with Gasteiger partial charge in [-0.25, -0.2) is 0 Å². The topological polar surface area (TPSA) is 48.9 Å². The van der Waals surface area contributed by atoms with E-state index in [2.05, 4.69) is 51.8 Å². The van der Waals surface area contributed by atoms with Gasteiger partial charge in [-0.15, -0.1) is 24.0 Å². The first-order valence-electron chi connectivity index (χ1n) is 11.1.